The predicted octanol–water partition coefficient (Wildman–Crippen LogP) is 5.19. The average molecular weight is 424 g/mol. The third kappa shape index (κ3) is 5.07. The van der Waals surface area contributed by atoms with Gasteiger partial charge in [-0.3, -0.25) is 15.0 Å². The second-order valence-corrected chi connectivity index (χ2v) is 8.26. The van der Waals surface area contributed by atoms with Crippen molar-refractivity contribution in [2.45, 2.75) is 57.9 Å². The number of para-hydroxylation sites is 1. The largest absolute Gasteiger partial charge is 0.450 e. The van der Waals surface area contributed by atoms with Gasteiger partial charge in [0.05, 0.1) is 24.5 Å². The van der Waals surface area contributed by atoms with Crippen molar-refractivity contribution in [1.82, 2.24) is 5.32 Å². The molecule has 0 saturated heterocycles. The second-order valence-electron chi connectivity index (χ2n) is 8.26. The Bertz CT molecular complexity index is 944. The maximum Gasteiger partial charge on any atom is 0.411 e. The zero-order valence-electron chi connectivity index (χ0n) is 18.2. The van der Waals surface area contributed by atoms with Crippen molar-refractivity contribution < 1.29 is 15.8 Å². The van der Waals surface area contributed by atoms with Crippen LogP contribution in [0.15, 0.2) is 42.5 Å². The molecule has 2 amide bonds. The summed E-state index contributed by atoms with van der Waals surface area (Å²) in [6, 6.07) is 14.3. The van der Waals surface area contributed by atoms with E-state index in [-0.39, 0.29) is 7.33 Å². The van der Waals surface area contributed by atoms with Gasteiger partial charge in [0, 0.05) is 13.2 Å². The van der Waals surface area contributed by atoms with E-state index < -0.39 is 6.09 Å². The number of hydrogen-bond acceptors (Lipinski definition) is 4. The summed E-state index contributed by atoms with van der Waals surface area (Å²) in [5, 5.41) is 6.25. The minimum Gasteiger partial charge on any atom is -0.450 e. The van der Waals surface area contributed by atoms with Crippen molar-refractivity contribution in [3.63, 3.8) is 0 Å². The van der Waals surface area contributed by atoms with E-state index in [1.54, 1.807) is 6.92 Å². The molecule has 1 aliphatic heterocycles. The summed E-state index contributed by atoms with van der Waals surface area (Å²) in [7, 11) is 0. The van der Waals surface area contributed by atoms with Gasteiger partial charge in [-0.05, 0) is 61.9 Å². The Morgan fingerprint density at radius 2 is 1.77 bits per heavy atom. The number of fused-ring (bicyclic) bond motifs is 2. The van der Waals surface area contributed by atoms with Gasteiger partial charge in [0.1, 0.15) is 0 Å². The molecule has 0 spiro atoms. The Morgan fingerprint density at radius 1 is 1.03 bits per heavy atom. The number of carbonyl (C=O) groups is 2. The molecule has 1 heterocycles. The molecule has 2 aromatic carbocycles. The fraction of sp³-hybridized carbons (Fsp3) is 0.440. The molecule has 1 fully saturated rings. The standard InChI is InChI=1S/C25H31N3O3.H2/c1-2-31-25(30)27-21-15-14-19-13-12-18-8-6-7-11-22(18)28(23(19)16-21)24(29)17-26-20-9-4-3-5-10-20;/h6-8,11,14-16,20,26H,2-5,9-10,12-13,17H2,1H3,(H,27,30);1H. The van der Waals surface area contributed by atoms with E-state index in [2.05, 4.69) is 16.7 Å². The van der Waals surface area contributed by atoms with E-state index in [9.17, 15) is 9.59 Å². The molecule has 4 rings (SSSR count). The first kappa shape index (κ1) is 21.4. The van der Waals surface area contributed by atoms with Gasteiger partial charge in [-0.1, -0.05) is 43.5 Å². The van der Waals surface area contributed by atoms with Crippen molar-refractivity contribution in [2.75, 3.05) is 23.4 Å². The third-order valence-electron chi connectivity index (χ3n) is 6.14. The van der Waals surface area contributed by atoms with E-state index in [4.69, 9.17) is 4.74 Å². The first-order valence-electron chi connectivity index (χ1n) is 11.4. The summed E-state index contributed by atoms with van der Waals surface area (Å²) in [6.45, 7) is 2.38. The lowest BCUT2D eigenvalue weighted by atomic mass is 9.95. The number of benzene rings is 2. The van der Waals surface area contributed by atoms with Crippen molar-refractivity contribution in [2.24, 2.45) is 0 Å². The van der Waals surface area contributed by atoms with Crippen LogP contribution >= 0.6 is 0 Å². The maximum atomic E-state index is 13.5. The van der Waals surface area contributed by atoms with Gasteiger partial charge in [0.25, 0.3) is 0 Å². The minimum atomic E-state index is -0.492. The van der Waals surface area contributed by atoms with Crippen LogP contribution in [0.25, 0.3) is 0 Å². The number of hydrogen-bond donors (Lipinski definition) is 2. The van der Waals surface area contributed by atoms with Crippen molar-refractivity contribution in [1.29, 1.82) is 0 Å². The van der Waals surface area contributed by atoms with Crippen LogP contribution in [-0.4, -0.2) is 31.2 Å². The summed E-state index contributed by atoms with van der Waals surface area (Å²) >= 11 is 0. The van der Waals surface area contributed by atoms with Crippen LogP contribution < -0.4 is 15.5 Å². The molecular weight excluding hydrogens is 390 g/mol. The molecule has 166 valence electrons. The van der Waals surface area contributed by atoms with Crippen LogP contribution in [0.1, 0.15) is 51.6 Å². The van der Waals surface area contributed by atoms with Gasteiger partial charge in [-0.25, -0.2) is 4.79 Å². The molecule has 1 aliphatic carbocycles. The number of anilines is 3. The molecule has 6 nitrogen and oxygen atoms in total. The van der Waals surface area contributed by atoms with Crippen molar-refractivity contribution in [3.8, 4) is 0 Å². The second kappa shape index (κ2) is 9.96. The minimum absolute atomic E-state index is 0. The number of nitrogens with zero attached hydrogens (tertiary/aromatic N) is 1. The van der Waals surface area contributed by atoms with Gasteiger partial charge in [-0.2, -0.15) is 0 Å². The molecule has 0 unspecified atom stereocenters. The molecule has 0 radical (unpaired) electrons. The van der Waals surface area contributed by atoms with Crippen molar-refractivity contribution >= 4 is 29.1 Å². The molecule has 0 bridgehead atoms. The lowest BCUT2D eigenvalue weighted by molar-refractivity contribution is -0.117. The highest BCUT2D eigenvalue weighted by molar-refractivity contribution is 6.04. The van der Waals surface area contributed by atoms with Crippen LogP contribution in [-0.2, 0) is 22.4 Å². The summed E-state index contributed by atoms with van der Waals surface area (Å²) < 4.78 is 5.01. The lowest BCUT2D eigenvalue weighted by Gasteiger charge is -2.28. The van der Waals surface area contributed by atoms with Crippen LogP contribution in [0.5, 0.6) is 0 Å². The van der Waals surface area contributed by atoms with Gasteiger partial charge in [0.2, 0.25) is 5.91 Å². The summed E-state index contributed by atoms with van der Waals surface area (Å²) in [6.07, 6.45) is 7.22. The Morgan fingerprint density at radius 3 is 2.55 bits per heavy atom. The number of amides is 2. The van der Waals surface area contributed by atoms with Gasteiger partial charge < -0.3 is 10.1 Å². The van der Waals surface area contributed by atoms with E-state index >= 15 is 0 Å². The normalized spacial score (nSPS) is 16.1. The fourth-order valence-electron chi connectivity index (χ4n) is 4.57. The SMILES string of the molecule is CCOC(=O)Nc1ccc2c(c1)N(C(=O)CNC1CCCCC1)c1ccccc1CC2.[HH]. The quantitative estimate of drug-likeness (QED) is 0.695. The Kier molecular flexibility index (Phi) is 6.87. The summed E-state index contributed by atoms with van der Waals surface area (Å²) in [4.78, 5) is 27.2. The van der Waals surface area contributed by atoms with Gasteiger partial charge in [0.15, 0.2) is 0 Å². The smallest absolute Gasteiger partial charge is 0.411 e. The molecular formula is C25H33N3O3. The number of rotatable bonds is 5. The highest BCUT2D eigenvalue weighted by Crippen LogP contribution is 2.37. The molecule has 2 aromatic rings. The van der Waals surface area contributed by atoms with Crippen LogP contribution in [0.2, 0.25) is 0 Å². The topological polar surface area (TPSA) is 70.7 Å². The van der Waals surface area contributed by atoms with Crippen molar-refractivity contribution in [3.05, 3.63) is 53.6 Å². The Balaban J connectivity index is 0.00000289. The molecule has 2 aliphatic rings. The molecule has 2 N–H and O–H groups in total. The van der Waals surface area contributed by atoms with E-state index in [0.29, 0.717) is 24.9 Å². The molecule has 6 heteroatoms. The Hall–Kier alpha value is -2.86. The molecule has 1 saturated carbocycles. The molecule has 0 atom stereocenters. The number of carbonyl (C=O) groups excluding carboxylic acids is 2. The maximum absolute atomic E-state index is 13.5. The van der Waals surface area contributed by atoms with E-state index in [1.165, 1.54) is 19.3 Å². The number of aryl methyl sites for hydroxylation is 2. The molecule has 0 aromatic heterocycles. The van der Waals surface area contributed by atoms with Gasteiger partial charge >= 0.3 is 6.09 Å². The summed E-state index contributed by atoms with van der Waals surface area (Å²) in [5.41, 5.74) is 4.62. The zero-order valence-corrected chi connectivity index (χ0v) is 18.2. The average Bonchev–Trinajstić information content (AvgIpc) is 2.95. The monoisotopic (exact) mass is 423 g/mol. The number of ether oxygens (including phenoxy) is 1. The first-order chi connectivity index (χ1) is 15.2. The number of nitrogens with one attached hydrogen (secondary N) is 2. The van der Waals surface area contributed by atoms with E-state index in [0.717, 1.165) is 48.2 Å². The first-order valence-corrected chi connectivity index (χ1v) is 11.4. The fourth-order valence-corrected chi connectivity index (χ4v) is 4.57. The van der Waals surface area contributed by atoms with Crippen LogP contribution in [0.3, 0.4) is 0 Å². The summed E-state index contributed by atoms with van der Waals surface area (Å²) in [5.74, 6) is 0.0226. The van der Waals surface area contributed by atoms with Gasteiger partial charge in [-0.15, -0.1) is 0 Å². The zero-order chi connectivity index (χ0) is 21.6. The highest BCUT2D eigenvalue weighted by Gasteiger charge is 2.27. The lowest BCUT2D eigenvalue weighted by Crippen LogP contribution is -2.41. The van der Waals surface area contributed by atoms with E-state index in [1.807, 2.05) is 41.3 Å². The third-order valence-corrected chi connectivity index (χ3v) is 6.14. The predicted molar refractivity (Wildman–Crippen MR) is 125 cm³/mol. The Labute approximate surface area is 185 Å². The van der Waals surface area contributed by atoms with Crippen LogP contribution in [0.4, 0.5) is 21.9 Å². The molecule has 31 heavy (non-hydrogen) atoms. The van der Waals surface area contributed by atoms with Crippen LogP contribution in [0, 0.1) is 0 Å². The highest BCUT2D eigenvalue weighted by atomic mass is 16.5.